The van der Waals surface area contributed by atoms with Crippen LogP contribution in [0.1, 0.15) is 24.0 Å². The minimum Gasteiger partial charge on any atom is -0.497 e. The van der Waals surface area contributed by atoms with Gasteiger partial charge in [0.2, 0.25) is 0 Å². The molecule has 1 atom stereocenters. The number of hydrogen-bond acceptors (Lipinski definition) is 3. The molecule has 0 radical (unpaired) electrons. The Labute approximate surface area is 102 Å². The molecule has 0 saturated carbocycles. The molecule has 2 rings (SSSR count). The minimum atomic E-state index is 0.227. The van der Waals surface area contributed by atoms with Crippen LogP contribution in [0.15, 0.2) is 30.5 Å². The average molecular weight is 228 g/mol. The highest BCUT2D eigenvalue weighted by atomic mass is 16.5. The van der Waals surface area contributed by atoms with Crippen LogP contribution in [0.3, 0.4) is 0 Å². The van der Waals surface area contributed by atoms with E-state index < -0.39 is 0 Å². The number of rotatable bonds is 3. The lowest BCUT2D eigenvalue weighted by atomic mass is 10.1. The first-order chi connectivity index (χ1) is 8.29. The molecule has 1 heterocycles. The Kier molecular flexibility index (Phi) is 3.66. The number of anilines is 1. The smallest absolute Gasteiger partial charge is 0.115 e. The van der Waals surface area contributed by atoms with Crippen LogP contribution in [-0.4, -0.2) is 12.6 Å². The van der Waals surface area contributed by atoms with Gasteiger partial charge in [-0.15, -0.1) is 0 Å². The summed E-state index contributed by atoms with van der Waals surface area (Å²) in [5.74, 6) is 0. The summed E-state index contributed by atoms with van der Waals surface area (Å²) in [7, 11) is 0. The zero-order chi connectivity index (χ0) is 12.1. The molecule has 0 bridgehead atoms. The minimum absolute atomic E-state index is 0.227. The number of benzene rings is 1. The van der Waals surface area contributed by atoms with E-state index in [1.807, 2.05) is 31.2 Å². The number of nitriles is 1. The third-order valence-corrected chi connectivity index (χ3v) is 2.91. The molecule has 1 aromatic rings. The fourth-order valence-corrected chi connectivity index (χ4v) is 1.84. The van der Waals surface area contributed by atoms with Crippen molar-refractivity contribution in [3.8, 4) is 6.07 Å². The third kappa shape index (κ3) is 3.01. The first-order valence-corrected chi connectivity index (χ1v) is 5.84. The quantitative estimate of drug-likeness (QED) is 0.865. The summed E-state index contributed by atoms with van der Waals surface area (Å²) >= 11 is 0. The Morgan fingerprint density at radius 1 is 1.53 bits per heavy atom. The Morgan fingerprint density at radius 2 is 2.41 bits per heavy atom. The van der Waals surface area contributed by atoms with Crippen molar-refractivity contribution >= 4 is 5.69 Å². The summed E-state index contributed by atoms with van der Waals surface area (Å²) in [6, 6.07) is 7.83. The van der Waals surface area contributed by atoms with Crippen molar-refractivity contribution in [3.05, 3.63) is 41.7 Å². The maximum atomic E-state index is 8.86. The van der Waals surface area contributed by atoms with Crippen LogP contribution in [0.25, 0.3) is 0 Å². The standard InChI is InChI=1S/C14H16N2O/c1-11-5-6-12(9-15)8-14(11)16-10-13-4-2-3-7-17-13/h3,5-8,13,16H,2,4,10H2,1H3. The first-order valence-electron chi connectivity index (χ1n) is 5.84. The summed E-state index contributed by atoms with van der Waals surface area (Å²) in [6.45, 7) is 2.81. The highest BCUT2D eigenvalue weighted by Crippen LogP contribution is 2.18. The molecule has 0 fully saturated rings. The molecule has 88 valence electrons. The van der Waals surface area contributed by atoms with Crippen molar-refractivity contribution in [1.29, 1.82) is 5.26 Å². The number of hydrogen-bond donors (Lipinski definition) is 1. The molecule has 1 aromatic carbocycles. The van der Waals surface area contributed by atoms with Gasteiger partial charge >= 0.3 is 0 Å². The van der Waals surface area contributed by atoms with Gasteiger partial charge in [0.25, 0.3) is 0 Å². The second kappa shape index (κ2) is 5.40. The normalized spacial score (nSPS) is 18.2. The van der Waals surface area contributed by atoms with Crippen LogP contribution in [-0.2, 0) is 4.74 Å². The number of ether oxygens (including phenoxy) is 1. The fraction of sp³-hybridized carbons (Fsp3) is 0.357. The van der Waals surface area contributed by atoms with Crippen LogP contribution in [0.5, 0.6) is 0 Å². The first kappa shape index (κ1) is 11.5. The molecule has 0 aromatic heterocycles. The van der Waals surface area contributed by atoms with Gasteiger partial charge in [0.15, 0.2) is 0 Å². The second-order valence-corrected chi connectivity index (χ2v) is 4.23. The van der Waals surface area contributed by atoms with Crippen molar-refractivity contribution in [1.82, 2.24) is 0 Å². The average Bonchev–Trinajstić information content (AvgIpc) is 2.39. The maximum absolute atomic E-state index is 8.86. The number of nitrogens with zero attached hydrogens (tertiary/aromatic N) is 1. The molecule has 0 saturated heterocycles. The Bertz CT molecular complexity index is 460. The van der Waals surface area contributed by atoms with Gasteiger partial charge in [0, 0.05) is 5.69 Å². The van der Waals surface area contributed by atoms with Gasteiger partial charge < -0.3 is 10.1 Å². The van der Waals surface area contributed by atoms with Crippen molar-refractivity contribution < 1.29 is 4.74 Å². The number of allylic oxidation sites excluding steroid dienone is 1. The van der Waals surface area contributed by atoms with Gasteiger partial charge in [-0.25, -0.2) is 0 Å². The van der Waals surface area contributed by atoms with Gasteiger partial charge in [-0.05, 0) is 43.5 Å². The van der Waals surface area contributed by atoms with Crippen molar-refractivity contribution in [2.24, 2.45) is 0 Å². The topological polar surface area (TPSA) is 45.0 Å². The molecule has 0 aliphatic carbocycles. The molecule has 0 amide bonds. The van der Waals surface area contributed by atoms with E-state index in [9.17, 15) is 0 Å². The second-order valence-electron chi connectivity index (χ2n) is 4.23. The molecule has 1 aliphatic heterocycles. The zero-order valence-corrected chi connectivity index (χ0v) is 9.94. The van der Waals surface area contributed by atoms with E-state index >= 15 is 0 Å². The van der Waals surface area contributed by atoms with Gasteiger partial charge in [-0.1, -0.05) is 6.07 Å². The summed E-state index contributed by atoms with van der Waals surface area (Å²) in [4.78, 5) is 0. The van der Waals surface area contributed by atoms with Gasteiger partial charge in [-0.3, -0.25) is 0 Å². The van der Waals surface area contributed by atoms with Gasteiger partial charge in [0.05, 0.1) is 24.4 Å². The molecule has 1 N–H and O–H groups in total. The van der Waals surface area contributed by atoms with Crippen LogP contribution in [0, 0.1) is 18.3 Å². The third-order valence-electron chi connectivity index (χ3n) is 2.91. The fourth-order valence-electron chi connectivity index (χ4n) is 1.84. The van der Waals surface area contributed by atoms with Crippen molar-refractivity contribution in [3.63, 3.8) is 0 Å². The molecule has 17 heavy (non-hydrogen) atoms. The lowest BCUT2D eigenvalue weighted by Gasteiger charge is -2.21. The van der Waals surface area contributed by atoms with E-state index in [0.717, 1.165) is 30.6 Å². The molecule has 3 nitrogen and oxygen atoms in total. The Hall–Kier alpha value is -1.95. The van der Waals surface area contributed by atoms with Gasteiger partial charge in [-0.2, -0.15) is 5.26 Å². The highest BCUT2D eigenvalue weighted by molar-refractivity contribution is 5.55. The largest absolute Gasteiger partial charge is 0.497 e. The van der Waals surface area contributed by atoms with Crippen molar-refractivity contribution in [2.45, 2.75) is 25.9 Å². The van der Waals surface area contributed by atoms with E-state index in [0.29, 0.717) is 5.56 Å². The Balaban J connectivity index is 1.98. The SMILES string of the molecule is Cc1ccc(C#N)cc1NCC1CCC=CO1. The summed E-state index contributed by atoms with van der Waals surface area (Å²) < 4.78 is 5.49. The molecule has 1 aliphatic rings. The predicted molar refractivity (Wildman–Crippen MR) is 67.6 cm³/mol. The van der Waals surface area contributed by atoms with Gasteiger partial charge in [0.1, 0.15) is 6.10 Å². The van der Waals surface area contributed by atoms with Crippen molar-refractivity contribution in [2.75, 3.05) is 11.9 Å². The van der Waals surface area contributed by atoms with Crippen LogP contribution in [0.4, 0.5) is 5.69 Å². The molecule has 3 heteroatoms. The van der Waals surface area contributed by atoms with E-state index in [1.54, 1.807) is 6.26 Å². The molecule has 0 spiro atoms. The van der Waals surface area contributed by atoms with E-state index in [1.165, 1.54) is 0 Å². The maximum Gasteiger partial charge on any atom is 0.115 e. The van der Waals surface area contributed by atoms with Crippen LogP contribution < -0.4 is 5.32 Å². The Morgan fingerprint density at radius 3 is 3.12 bits per heavy atom. The van der Waals surface area contributed by atoms with Crippen LogP contribution in [0.2, 0.25) is 0 Å². The van der Waals surface area contributed by atoms with Crippen LogP contribution >= 0.6 is 0 Å². The molecular weight excluding hydrogens is 212 g/mol. The van der Waals surface area contributed by atoms with E-state index in [2.05, 4.69) is 11.4 Å². The summed E-state index contributed by atoms with van der Waals surface area (Å²) in [5, 5.41) is 12.2. The summed E-state index contributed by atoms with van der Waals surface area (Å²) in [5.41, 5.74) is 2.85. The lowest BCUT2D eigenvalue weighted by molar-refractivity contribution is 0.135. The van der Waals surface area contributed by atoms with E-state index in [-0.39, 0.29) is 6.10 Å². The number of aryl methyl sites for hydroxylation is 1. The summed E-state index contributed by atoms with van der Waals surface area (Å²) in [6.07, 6.45) is 6.15. The van der Waals surface area contributed by atoms with E-state index in [4.69, 9.17) is 10.00 Å². The lowest BCUT2D eigenvalue weighted by Crippen LogP contribution is -2.23. The zero-order valence-electron chi connectivity index (χ0n) is 9.94. The number of nitrogens with one attached hydrogen (secondary N) is 1. The predicted octanol–water partition coefficient (Wildman–Crippen LogP) is 2.97. The molecule has 1 unspecified atom stereocenters. The monoisotopic (exact) mass is 228 g/mol. The molecular formula is C14H16N2O. The highest BCUT2D eigenvalue weighted by Gasteiger charge is 2.11.